The molecule has 114 valence electrons. The summed E-state index contributed by atoms with van der Waals surface area (Å²) >= 11 is 0. The number of hydrogen-bond acceptors (Lipinski definition) is 2. The molecule has 0 bridgehead atoms. The van der Waals surface area contributed by atoms with Gasteiger partial charge in [-0.2, -0.15) is 0 Å². The summed E-state index contributed by atoms with van der Waals surface area (Å²) in [6, 6.07) is 16.0. The van der Waals surface area contributed by atoms with Crippen molar-refractivity contribution in [3.63, 3.8) is 0 Å². The van der Waals surface area contributed by atoms with Crippen molar-refractivity contribution in [3.05, 3.63) is 77.5 Å². The Hall–Kier alpha value is -2.35. The second kappa shape index (κ2) is 7.60. The molecule has 0 aliphatic heterocycles. The molecule has 0 amide bonds. The van der Waals surface area contributed by atoms with E-state index in [9.17, 15) is 4.79 Å². The molecule has 0 atom stereocenters. The summed E-state index contributed by atoms with van der Waals surface area (Å²) in [5.41, 5.74) is 4.24. The first-order valence-corrected chi connectivity index (χ1v) is 7.76. The largest absolute Gasteiger partial charge is 0.362 e. The topological polar surface area (TPSA) is 29.1 Å². The first-order valence-electron chi connectivity index (χ1n) is 7.76. The van der Waals surface area contributed by atoms with Crippen LogP contribution in [0, 0.1) is 0 Å². The minimum absolute atomic E-state index is 0.00739. The van der Waals surface area contributed by atoms with Crippen LogP contribution in [-0.4, -0.2) is 5.78 Å². The highest BCUT2D eigenvalue weighted by Crippen LogP contribution is 2.15. The van der Waals surface area contributed by atoms with E-state index >= 15 is 0 Å². The Bertz CT molecular complexity index is 636. The lowest BCUT2D eigenvalue weighted by atomic mass is 10.0. The highest BCUT2D eigenvalue weighted by atomic mass is 16.1. The van der Waals surface area contributed by atoms with Crippen LogP contribution in [0.4, 0.5) is 5.69 Å². The minimum atomic E-state index is 0.00739. The van der Waals surface area contributed by atoms with Gasteiger partial charge in [-0.25, -0.2) is 0 Å². The molecule has 2 aromatic rings. The van der Waals surface area contributed by atoms with Gasteiger partial charge in [-0.1, -0.05) is 57.2 Å². The number of rotatable bonds is 6. The number of ketones is 1. The maximum absolute atomic E-state index is 12.1. The van der Waals surface area contributed by atoms with E-state index in [0.29, 0.717) is 11.5 Å². The number of allylic oxidation sites excluding steroid dienone is 1. The van der Waals surface area contributed by atoms with Crippen molar-refractivity contribution in [1.29, 1.82) is 0 Å². The fourth-order valence-corrected chi connectivity index (χ4v) is 2.18. The third-order valence-corrected chi connectivity index (χ3v) is 3.71. The molecule has 2 nitrogen and oxygen atoms in total. The van der Waals surface area contributed by atoms with Crippen molar-refractivity contribution in [2.45, 2.75) is 33.1 Å². The number of aryl methyl sites for hydroxylation is 1. The number of hydrogen-bond donors (Lipinski definition) is 1. The van der Waals surface area contributed by atoms with E-state index in [1.807, 2.05) is 36.4 Å². The maximum Gasteiger partial charge on any atom is 0.187 e. The fourth-order valence-electron chi connectivity index (χ4n) is 2.18. The molecule has 0 spiro atoms. The van der Waals surface area contributed by atoms with Gasteiger partial charge in [0.1, 0.15) is 0 Å². The van der Waals surface area contributed by atoms with Crippen molar-refractivity contribution < 1.29 is 4.79 Å². The molecule has 2 heteroatoms. The molecule has 0 unspecified atom stereocenters. The van der Waals surface area contributed by atoms with Crippen molar-refractivity contribution in [3.8, 4) is 0 Å². The predicted molar refractivity (Wildman–Crippen MR) is 93.4 cm³/mol. The highest BCUT2D eigenvalue weighted by Gasteiger charge is 2.03. The molecule has 2 aromatic carbocycles. The predicted octanol–water partition coefficient (Wildman–Crippen LogP) is 5.18. The van der Waals surface area contributed by atoms with Crippen LogP contribution in [0.15, 0.2) is 60.8 Å². The molecule has 22 heavy (non-hydrogen) atoms. The summed E-state index contributed by atoms with van der Waals surface area (Å²) in [7, 11) is 0. The first kappa shape index (κ1) is 16.0. The number of carbonyl (C=O) groups excluding carboxylic acids is 1. The zero-order valence-electron chi connectivity index (χ0n) is 13.5. The lowest BCUT2D eigenvalue weighted by molar-refractivity contribution is 0.104. The van der Waals surface area contributed by atoms with E-state index < -0.39 is 0 Å². The molecule has 0 heterocycles. The number of benzene rings is 2. The molecule has 0 saturated carbocycles. The average molecular weight is 293 g/mol. The van der Waals surface area contributed by atoms with Gasteiger partial charge in [-0.05, 0) is 35.6 Å². The average Bonchev–Trinajstić information content (AvgIpc) is 2.55. The molecule has 0 saturated heterocycles. The smallest absolute Gasteiger partial charge is 0.187 e. The Kier molecular flexibility index (Phi) is 5.54. The van der Waals surface area contributed by atoms with Crippen LogP contribution in [0.3, 0.4) is 0 Å². The number of carbonyl (C=O) groups is 1. The van der Waals surface area contributed by atoms with Gasteiger partial charge in [0, 0.05) is 23.5 Å². The van der Waals surface area contributed by atoms with Gasteiger partial charge >= 0.3 is 0 Å². The first-order chi connectivity index (χ1) is 10.6. The zero-order chi connectivity index (χ0) is 15.9. The molecule has 0 aromatic heterocycles. The van der Waals surface area contributed by atoms with Gasteiger partial charge in [0.05, 0.1) is 0 Å². The van der Waals surface area contributed by atoms with Crippen LogP contribution >= 0.6 is 0 Å². The summed E-state index contributed by atoms with van der Waals surface area (Å²) in [5, 5.41) is 3.12. The van der Waals surface area contributed by atoms with Crippen LogP contribution < -0.4 is 5.32 Å². The van der Waals surface area contributed by atoms with E-state index in [0.717, 1.165) is 12.1 Å². The SMILES string of the molecule is CCc1ccc(NC=CC(=O)c2ccc(C(C)C)cc2)cc1. The summed E-state index contributed by atoms with van der Waals surface area (Å²) in [5.74, 6) is 0.487. The van der Waals surface area contributed by atoms with Gasteiger partial charge in [0.25, 0.3) is 0 Å². The standard InChI is InChI=1S/C20H23NO/c1-4-16-5-11-19(12-6-16)21-14-13-20(22)18-9-7-17(8-10-18)15(2)3/h5-15,21H,4H2,1-3H3. The quantitative estimate of drug-likeness (QED) is 0.587. The molecule has 0 fully saturated rings. The van der Waals surface area contributed by atoms with Crippen LogP contribution in [0.5, 0.6) is 0 Å². The van der Waals surface area contributed by atoms with Crippen LogP contribution in [0.25, 0.3) is 0 Å². The maximum atomic E-state index is 12.1. The summed E-state index contributed by atoms with van der Waals surface area (Å²) in [6.07, 6.45) is 4.29. The second-order valence-electron chi connectivity index (χ2n) is 5.67. The van der Waals surface area contributed by atoms with Gasteiger partial charge in [0.2, 0.25) is 0 Å². The Morgan fingerprint density at radius 1 is 1.05 bits per heavy atom. The number of anilines is 1. The lowest BCUT2D eigenvalue weighted by Crippen LogP contribution is -1.97. The third kappa shape index (κ3) is 4.32. The monoisotopic (exact) mass is 293 g/mol. The molecular formula is C20H23NO. The molecule has 0 aliphatic carbocycles. The van der Waals surface area contributed by atoms with Crippen LogP contribution in [-0.2, 0) is 6.42 Å². The van der Waals surface area contributed by atoms with Crippen LogP contribution in [0.2, 0.25) is 0 Å². The minimum Gasteiger partial charge on any atom is -0.362 e. The second-order valence-corrected chi connectivity index (χ2v) is 5.67. The summed E-state index contributed by atoms with van der Waals surface area (Å²) in [6.45, 7) is 6.42. The van der Waals surface area contributed by atoms with E-state index in [4.69, 9.17) is 0 Å². The third-order valence-electron chi connectivity index (χ3n) is 3.71. The van der Waals surface area contributed by atoms with Crippen molar-refractivity contribution in [2.75, 3.05) is 5.32 Å². The van der Waals surface area contributed by atoms with E-state index in [1.54, 1.807) is 12.3 Å². The van der Waals surface area contributed by atoms with Crippen molar-refractivity contribution in [1.82, 2.24) is 0 Å². The fraction of sp³-hybridized carbons (Fsp3) is 0.250. The normalized spacial score (nSPS) is 11.1. The zero-order valence-corrected chi connectivity index (χ0v) is 13.5. The number of nitrogens with one attached hydrogen (secondary N) is 1. The van der Waals surface area contributed by atoms with Gasteiger partial charge in [0.15, 0.2) is 5.78 Å². The summed E-state index contributed by atoms with van der Waals surface area (Å²) < 4.78 is 0. The molecule has 1 N–H and O–H groups in total. The van der Waals surface area contributed by atoms with E-state index in [-0.39, 0.29) is 5.78 Å². The van der Waals surface area contributed by atoms with E-state index in [2.05, 4.69) is 38.2 Å². The molecule has 2 rings (SSSR count). The Balaban J connectivity index is 1.95. The molecule has 0 radical (unpaired) electrons. The van der Waals surface area contributed by atoms with Gasteiger partial charge < -0.3 is 5.32 Å². The van der Waals surface area contributed by atoms with E-state index in [1.165, 1.54) is 11.1 Å². The highest BCUT2D eigenvalue weighted by molar-refractivity contribution is 6.04. The Labute approximate surface area is 132 Å². The molecule has 0 aliphatic rings. The van der Waals surface area contributed by atoms with Gasteiger partial charge in [-0.3, -0.25) is 4.79 Å². The van der Waals surface area contributed by atoms with Crippen molar-refractivity contribution >= 4 is 11.5 Å². The summed E-state index contributed by atoms with van der Waals surface area (Å²) in [4.78, 5) is 12.1. The Morgan fingerprint density at radius 2 is 1.68 bits per heavy atom. The molecular weight excluding hydrogens is 270 g/mol. The van der Waals surface area contributed by atoms with Crippen molar-refractivity contribution in [2.24, 2.45) is 0 Å². The lowest BCUT2D eigenvalue weighted by Gasteiger charge is -2.05. The van der Waals surface area contributed by atoms with Gasteiger partial charge in [-0.15, -0.1) is 0 Å². The Morgan fingerprint density at radius 3 is 2.23 bits per heavy atom. The van der Waals surface area contributed by atoms with Crippen LogP contribution in [0.1, 0.15) is 48.2 Å².